The first-order valence-corrected chi connectivity index (χ1v) is 9.16. The maximum absolute atomic E-state index is 10.4. The van der Waals surface area contributed by atoms with E-state index in [0.29, 0.717) is 5.75 Å². The monoisotopic (exact) mass is 379 g/mol. The molecule has 3 aromatic rings. The second-order valence-electron chi connectivity index (χ2n) is 5.37. The highest BCUT2D eigenvalue weighted by Gasteiger charge is 2.07. The van der Waals surface area contributed by atoms with E-state index in [1.165, 1.54) is 48.0 Å². The van der Waals surface area contributed by atoms with Crippen LogP contribution in [0.15, 0.2) is 59.5 Å². The topological polar surface area (TPSA) is 70.3 Å². The van der Waals surface area contributed by atoms with Crippen LogP contribution in [0.2, 0.25) is 5.02 Å². The molecule has 0 amide bonds. The van der Waals surface area contributed by atoms with E-state index in [2.05, 4.69) is 30.7 Å². The summed E-state index contributed by atoms with van der Waals surface area (Å²) in [6.45, 7) is 2.09. The van der Waals surface area contributed by atoms with Crippen molar-refractivity contribution in [2.24, 2.45) is 7.05 Å². The lowest BCUT2D eigenvalue weighted by Gasteiger charge is -2.06. The molecule has 0 unspecified atom stereocenters. The maximum atomic E-state index is 10.4. The first-order valence-electron chi connectivity index (χ1n) is 7.37. The van der Waals surface area contributed by atoms with E-state index in [9.17, 15) is 13.0 Å². The Hall–Kier alpha value is -2.15. The molecule has 1 heterocycles. The van der Waals surface area contributed by atoms with Gasteiger partial charge in [-0.3, -0.25) is 0 Å². The van der Waals surface area contributed by atoms with Crippen molar-refractivity contribution in [1.82, 2.24) is 0 Å². The molecular formula is C18H18ClNO4S. The summed E-state index contributed by atoms with van der Waals surface area (Å²) in [7, 11) is -0.813. The minimum Gasteiger partial charge on any atom is -0.744 e. The van der Waals surface area contributed by atoms with Crippen LogP contribution in [0, 0.1) is 6.92 Å². The molecule has 0 atom stereocenters. The Labute approximate surface area is 152 Å². The van der Waals surface area contributed by atoms with Crippen molar-refractivity contribution in [3.05, 3.63) is 65.3 Å². The first-order chi connectivity index (χ1) is 11.7. The number of ether oxygens (including phenoxy) is 1. The highest BCUT2D eigenvalue weighted by molar-refractivity contribution is 7.85. The molecule has 0 N–H and O–H groups in total. The van der Waals surface area contributed by atoms with Gasteiger partial charge in [0, 0.05) is 29.5 Å². The summed E-state index contributed by atoms with van der Waals surface area (Å²) in [5, 5.41) is 1.97. The predicted octanol–water partition coefficient (Wildman–Crippen LogP) is 3.23. The lowest BCUT2D eigenvalue weighted by molar-refractivity contribution is -0.651. The molecular weight excluding hydrogens is 362 g/mol. The summed E-state index contributed by atoms with van der Waals surface area (Å²) in [6, 6.07) is 15.4. The molecule has 0 spiro atoms. The third kappa shape index (κ3) is 4.92. The Bertz CT molecular complexity index is 986. The molecule has 1 aromatic heterocycles. The molecule has 5 nitrogen and oxygen atoms in total. The number of fused-ring (bicyclic) bond motifs is 1. The van der Waals surface area contributed by atoms with Crippen LogP contribution in [0.5, 0.6) is 5.75 Å². The van der Waals surface area contributed by atoms with Gasteiger partial charge >= 0.3 is 0 Å². The number of rotatable bonds is 2. The third-order valence-electron chi connectivity index (χ3n) is 3.73. The second-order valence-corrected chi connectivity index (χ2v) is 7.18. The van der Waals surface area contributed by atoms with Gasteiger partial charge in [0.25, 0.3) is 0 Å². The van der Waals surface area contributed by atoms with Crippen molar-refractivity contribution in [2.75, 3.05) is 7.11 Å². The maximum Gasteiger partial charge on any atom is 0.212 e. The van der Waals surface area contributed by atoms with Gasteiger partial charge in [0.05, 0.1) is 12.0 Å². The highest BCUT2D eigenvalue weighted by Crippen LogP contribution is 2.16. The summed E-state index contributed by atoms with van der Waals surface area (Å²) in [5.41, 5.74) is 2.46. The van der Waals surface area contributed by atoms with Gasteiger partial charge in [-0.05, 0) is 42.5 Å². The van der Waals surface area contributed by atoms with E-state index < -0.39 is 10.1 Å². The molecule has 3 rings (SSSR count). The number of halogens is 1. The molecule has 0 saturated heterocycles. The fraction of sp³-hybridized carbons (Fsp3) is 0.167. The van der Waals surface area contributed by atoms with Crippen LogP contribution in [-0.2, 0) is 17.2 Å². The van der Waals surface area contributed by atoms with Crippen molar-refractivity contribution < 1.29 is 22.3 Å². The van der Waals surface area contributed by atoms with Gasteiger partial charge in [-0.1, -0.05) is 11.6 Å². The van der Waals surface area contributed by atoms with Crippen LogP contribution in [0.4, 0.5) is 0 Å². The SMILES string of the molecule is COc1ccc(S(=O)(=O)[O-])cc1.Cc1ccc2cc(Cl)ccc2[n+]1C. The summed E-state index contributed by atoms with van der Waals surface area (Å²) >= 11 is 5.90. The number of aryl methyl sites for hydroxylation is 2. The summed E-state index contributed by atoms with van der Waals surface area (Å²) in [4.78, 5) is -0.247. The van der Waals surface area contributed by atoms with Gasteiger partial charge in [0.15, 0.2) is 5.69 Å². The van der Waals surface area contributed by atoms with Crippen LogP contribution in [0.3, 0.4) is 0 Å². The Morgan fingerprint density at radius 1 is 1.04 bits per heavy atom. The van der Waals surface area contributed by atoms with E-state index in [1.54, 1.807) is 0 Å². The number of methoxy groups -OCH3 is 1. The molecule has 0 aliphatic rings. The zero-order valence-corrected chi connectivity index (χ0v) is 15.6. The summed E-state index contributed by atoms with van der Waals surface area (Å²) < 4.78 is 38.3. The largest absolute Gasteiger partial charge is 0.744 e. The molecule has 25 heavy (non-hydrogen) atoms. The Morgan fingerprint density at radius 2 is 1.68 bits per heavy atom. The zero-order valence-electron chi connectivity index (χ0n) is 14.1. The Balaban J connectivity index is 0.000000181. The molecule has 0 saturated carbocycles. The zero-order chi connectivity index (χ0) is 18.6. The van der Waals surface area contributed by atoms with E-state index in [-0.39, 0.29) is 4.90 Å². The molecule has 7 heteroatoms. The van der Waals surface area contributed by atoms with Crippen molar-refractivity contribution in [2.45, 2.75) is 11.8 Å². The van der Waals surface area contributed by atoms with E-state index in [0.717, 1.165) is 5.02 Å². The van der Waals surface area contributed by atoms with Crippen molar-refractivity contribution >= 4 is 32.6 Å². The number of hydrogen-bond donors (Lipinski definition) is 0. The highest BCUT2D eigenvalue weighted by atomic mass is 35.5. The number of benzene rings is 2. The average molecular weight is 380 g/mol. The van der Waals surface area contributed by atoms with Crippen LogP contribution in [0.25, 0.3) is 10.9 Å². The van der Waals surface area contributed by atoms with Gasteiger partial charge in [-0.2, -0.15) is 4.57 Å². The van der Waals surface area contributed by atoms with E-state index >= 15 is 0 Å². The fourth-order valence-electron chi connectivity index (χ4n) is 2.22. The summed E-state index contributed by atoms with van der Waals surface area (Å²) in [5.74, 6) is 0.516. The standard InChI is InChI=1S/C11H11ClN.C7H8O4S/c1-8-3-4-9-7-10(12)5-6-11(9)13(8)2;1-11-6-2-4-7(5-3-6)12(8,9)10/h3-7H,1-2H3;2-5H,1H3,(H,8,9,10)/q+1;/p-1. The van der Waals surface area contributed by atoms with E-state index in [1.807, 2.05) is 18.2 Å². The molecule has 132 valence electrons. The Morgan fingerprint density at radius 3 is 2.24 bits per heavy atom. The molecule has 0 bridgehead atoms. The second kappa shape index (κ2) is 7.82. The molecule has 0 fully saturated rings. The van der Waals surface area contributed by atoms with Gasteiger partial charge < -0.3 is 9.29 Å². The smallest absolute Gasteiger partial charge is 0.212 e. The van der Waals surface area contributed by atoms with Crippen molar-refractivity contribution in [1.29, 1.82) is 0 Å². The number of aromatic nitrogens is 1. The van der Waals surface area contributed by atoms with Crippen molar-refractivity contribution in [3.8, 4) is 5.75 Å². The number of hydrogen-bond acceptors (Lipinski definition) is 4. The Kier molecular flexibility index (Phi) is 6.00. The predicted molar refractivity (Wildman–Crippen MR) is 95.8 cm³/mol. The van der Waals surface area contributed by atoms with Crippen LogP contribution in [0.1, 0.15) is 5.69 Å². The molecule has 0 aliphatic carbocycles. The number of nitrogens with zero attached hydrogens (tertiary/aromatic N) is 1. The minimum absolute atomic E-state index is 0.247. The van der Waals surface area contributed by atoms with Gasteiger partial charge in [0.2, 0.25) is 5.52 Å². The average Bonchev–Trinajstić information content (AvgIpc) is 2.58. The quantitative estimate of drug-likeness (QED) is 0.506. The lowest BCUT2D eigenvalue weighted by Crippen LogP contribution is -2.32. The van der Waals surface area contributed by atoms with Crippen molar-refractivity contribution in [3.63, 3.8) is 0 Å². The van der Waals surface area contributed by atoms with Crippen LogP contribution >= 0.6 is 11.6 Å². The molecule has 2 aromatic carbocycles. The molecule has 0 aliphatic heterocycles. The van der Waals surface area contributed by atoms with Crippen LogP contribution in [-0.4, -0.2) is 20.1 Å². The number of pyridine rings is 1. The van der Waals surface area contributed by atoms with Gasteiger partial charge in [0.1, 0.15) is 22.9 Å². The van der Waals surface area contributed by atoms with Gasteiger partial charge in [-0.25, -0.2) is 8.42 Å². The lowest BCUT2D eigenvalue weighted by atomic mass is 10.2. The van der Waals surface area contributed by atoms with Crippen LogP contribution < -0.4 is 9.30 Å². The summed E-state index contributed by atoms with van der Waals surface area (Å²) in [6.07, 6.45) is 0. The third-order valence-corrected chi connectivity index (χ3v) is 4.82. The van der Waals surface area contributed by atoms with E-state index in [4.69, 9.17) is 16.3 Å². The van der Waals surface area contributed by atoms with Gasteiger partial charge in [-0.15, -0.1) is 0 Å². The minimum atomic E-state index is -4.33. The fourth-order valence-corrected chi connectivity index (χ4v) is 2.87. The normalized spacial score (nSPS) is 10.9. The molecule has 0 radical (unpaired) electrons. The first kappa shape index (κ1) is 19.2.